The molecule has 2 N–H and O–H groups in total. The first-order valence-corrected chi connectivity index (χ1v) is 12.5. The van der Waals surface area contributed by atoms with E-state index in [-0.39, 0.29) is 30.1 Å². The third-order valence-corrected chi connectivity index (χ3v) is 6.07. The molecule has 0 spiro atoms. The lowest BCUT2D eigenvalue weighted by molar-refractivity contribution is 0.0424. The summed E-state index contributed by atoms with van der Waals surface area (Å²) in [5.74, 6) is 0.922. The van der Waals surface area contributed by atoms with Crippen molar-refractivity contribution < 1.29 is 9.47 Å². The van der Waals surface area contributed by atoms with E-state index in [9.17, 15) is 0 Å². The molecule has 2 saturated heterocycles. The summed E-state index contributed by atoms with van der Waals surface area (Å²) >= 11 is 0. The van der Waals surface area contributed by atoms with Gasteiger partial charge in [-0.15, -0.1) is 24.0 Å². The average Bonchev–Trinajstić information content (AvgIpc) is 3.34. The second-order valence-electron chi connectivity index (χ2n) is 8.71. The van der Waals surface area contributed by atoms with Crippen molar-refractivity contribution in [2.75, 3.05) is 72.2 Å². The van der Waals surface area contributed by atoms with Crippen molar-refractivity contribution in [2.24, 2.45) is 4.99 Å². The number of benzene rings is 1. The Kier molecular flexibility index (Phi) is 15.0. The molecule has 33 heavy (non-hydrogen) atoms. The predicted molar refractivity (Wildman–Crippen MR) is 147 cm³/mol. The maximum atomic E-state index is 5.81. The fourth-order valence-electron chi connectivity index (χ4n) is 4.17. The molecule has 0 aliphatic carbocycles. The molecule has 188 valence electrons. The van der Waals surface area contributed by atoms with Gasteiger partial charge in [0.1, 0.15) is 0 Å². The van der Waals surface area contributed by atoms with Crippen molar-refractivity contribution in [1.82, 2.24) is 20.4 Å². The summed E-state index contributed by atoms with van der Waals surface area (Å²) in [7, 11) is 0. The number of nitrogens with one attached hydrogen (secondary N) is 2. The van der Waals surface area contributed by atoms with E-state index in [1.54, 1.807) is 0 Å². The molecule has 1 atom stereocenters. The molecular formula is C25H44IN5O2. The first-order valence-electron chi connectivity index (χ1n) is 12.5. The zero-order valence-corrected chi connectivity index (χ0v) is 22.7. The van der Waals surface area contributed by atoms with Gasteiger partial charge in [0.15, 0.2) is 5.96 Å². The number of ether oxygens (including phenoxy) is 2. The Morgan fingerprint density at radius 1 is 1.06 bits per heavy atom. The van der Waals surface area contributed by atoms with Crippen LogP contribution in [-0.4, -0.2) is 94.0 Å². The number of hydrogen-bond acceptors (Lipinski definition) is 5. The van der Waals surface area contributed by atoms with Crippen molar-refractivity contribution in [1.29, 1.82) is 0 Å². The molecule has 0 amide bonds. The zero-order chi connectivity index (χ0) is 22.3. The highest BCUT2D eigenvalue weighted by molar-refractivity contribution is 14.0. The largest absolute Gasteiger partial charge is 0.379 e. The van der Waals surface area contributed by atoms with Crippen LogP contribution in [0.4, 0.5) is 0 Å². The number of rotatable bonds is 13. The second-order valence-corrected chi connectivity index (χ2v) is 8.71. The van der Waals surface area contributed by atoms with Gasteiger partial charge in [-0.3, -0.25) is 9.89 Å². The van der Waals surface area contributed by atoms with E-state index in [2.05, 4.69) is 62.7 Å². The van der Waals surface area contributed by atoms with Gasteiger partial charge >= 0.3 is 0 Å². The Balaban J connectivity index is 0.00000385. The van der Waals surface area contributed by atoms with E-state index < -0.39 is 0 Å². The van der Waals surface area contributed by atoms with Gasteiger partial charge in [0.05, 0.1) is 12.7 Å². The number of halogens is 1. The van der Waals surface area contributed by atoms with Gasteiger partial charge in [-0.2, -0.15) is 0 Å². The third-order valence-electron chi connectivity index (χ3n) is 6.07. The Hall–Kier alpha value is -0.940. The Labute approximate surface area is 217 Å². The maximum Gasteiger partial charge on any atom is 0.191 e. The molecule has 8 heteroatoms. The summed E-state index contributed by atoms with van der Waals surface area (Å²) < 4.78 is 11.1. The van der Waals surface area contributed by atoms with E-state index in [1.807, 2.05) is 0 Å². The lowest BCUT2D eigenvalue weighted by atomic mass is 10.2. The molecule has 0 radical (unpaired) electrons. The molecule has 3 rings (SSSR count). The lowest BCUT2D eigenvalue weighted by Crippen LogP contribution is -2.46. The van der Waals surface area contributed by atoms with Gasteiger partial charge in [-0.25, -0.2) is 0 Å². The number of unbranched alkanes of at least 4 members (excludes halogenated alkanes) is 1. The molecule has 7 nitrogen and oxygen atoms in total. The van der Waals surface area contributed by atoms with Crippen molar-refractivity contribution in [3.8, 4) is 0 Å². The van der Waals surface area contributed by atoms with E-state index >= 15 is 0 Å². The number of nitrogens with zero attached hydrogens (tertiary/aromatic N) is 3. The van der Waals surface area contributed by atoms with Crippen molar-refractivity contribution >= 4 is 29.9 Å². The van der Waals surface area contributed by atoms with E-state index in [1.165, 1.54) is 51.1 Å². The molecule has 2 aliphatic heterocycles. The number of hydrogen-bond donors (Lipinski definition) is 2. The van der Waals surface area contributed by atoms with E-state index in [0.29, 0.717) is 0 Å². The van der Waals surface area contributed by atoms with Crippen molar-refractivity contribution in [3.63, 3.8) is 0 Å². The van der Waals surface area contributed by atoms with Crippen LogP contribution in [0.1, 0.15) is 38.2 Å². The van der Waals surface area contributed by atoms with Crippen LogP contribution < -0.4 is 10.6 Å². The highest BCUT2D eigenvalue weighted by atomic mass is 127. The molecule has 0 saturated carbocycles. The minimum Gasteiger partial charge on any atom is -0.379 e. The second kappa shape index (κ2) is 17.5. The molecule has 2 heterocycles. The van der Waals surface area contributed by atoms with Crippen molar-refractivity contribution in [2.45, 2.75) is 45.3 Å². The molecule has 1 aromatic rings. The van der Waals surface area contributed by atoms with Crippen molar-refractivity contribution in [3.05, 3.63) is 35.9 Å². The fourth-order valence-corrected chi connectivity index (χ4v) is 4.17. The van der Waals surface area contributed by atoms with Crippen LogP contribution in [0.15, 0.2) is 35.3 Å². The van der Waals surface area contributed by atoms with Crippen LogP contribution in [0.25, 0.3) is 0 Å². The van der Waals surface area contributed by atoms with Gasteiger partial charge in [0.2, 0.25) is 0 Å². The highest BCUT2D eigenvalue weighted by Crippen LogP contribution is 2.09. The van der Waals surface area contributed by atoms with Gasteiger partial charge in [0, 0.05) is 65.6 Å². The molecule has 2 fully saturated rings. The van der Waals surface area contributed by atoms with Gasteiger partial charge in [-0.1, -0.05) is 30.3 Å². The minimum atomic E-state index is 0. The van der Waals surface area contributed by atoms with Gasteiger partial charge < -0.3 is 25.0 Å². The summed E-state index contributed by atoms with van der Waals surface area (Å²) in [6, 6.07) is 10.8. The molecular weight excluding hydrogens is 529 g/mol. The fraction of sp³-hybridized carbons (Fsp3) is 0.720. The van der Waals surface area contributed by atoms with Crippen LogP contribution in [0, 0.1) is 0 Å². The smallest absolute Gasteiger partial charge is 0.191 e. The first-order chi connectivity index (χ1) is 15.8. The predicted octanol–water partition coefficient (Wildman–Crippen LogP) is 2.95. The molecule has 1 aromatic carbocycles. The molecule has 2 aliphatic rings. The zero-order valence-electron chi connectivity index (χ0n) is 20.3. The maximum absolute atomic E-state index is 5.81. The van der Waals surface area contributed by atoms with Crippen LogP contribution in [0.5, 0.6) is 0 Å². The summed E-state index contributed by atoms with van der Waals surface area (Å²) in [6.45, 7) is 14.1. The van der Waals surface area contributed by atoms with Gasteiger partial charge in [0.25, 0.3) is 0 Å². The number of guanidine groups is 1. The summed E-state index contributed by atoms with van der Waals surface area (Å²) in [5.41, 5.74) is 1.42. The average molecular weight is 574 g/mol. The minimum absolute atomic E-state index is 0. The Morgan fingerprint density at radius 2 is 1.85 bits per heavy atom. The van der Waals surface area contributed by atoms with Gasteiger partial charge in [-0.05, 0) is 44.7 Å². The highest BCUT2D eigenvalue weighted by Gasteiger charge is 2.16. The first kappa shape index (κ1) is 28.3. The Bertz CT molecular complexity index is 635. The summed E-state index contributed by atoms with van der Waals surface area (Å²) in [6.07, 6.45) is 4.65. The lowest BCUT2D eigenvalue weighted by Gasteiger charge is -2.34. The van der Waals surface area contributed by atoms with Crippen LogP contribution in [0.2, 0.25) is 0 Å². The number of piperazine rings is 1. The van der Waals surface area contributed by atoms with Crippen LogP contribution in [0.3, 0.4) is 0 Å². The van der Waals surface area contributed by atoms with E-state index in [4.69, 9.17) is 9.47 Å². The quantitative estimate of drug-likeness (QED) is 0.164. The SMILES string of the molecule is CCNC(=NCCCOC1CCOC1)NCCCCN1CCN(Cc2ccccc2)CC1.I. The monoisotopic (exact) mass is 573 g/mol. The normalized spacial score (nSPS) is 19.9. The molecule has 0 bridgehead atoms. The van der Waals surface area contributed by atoms with Crippen LogP contribution in [-0.2, 0) is 16.0 Å². The molecule has 1 unspecified atom stereocenters. The standard InChI is InChI=1S/C25H43N5O2.HI/c1-2-26-25(28-13-8-19-32-24-11-20-31-22-24)27-12-6-7-14-29-15-17-30(18-16-29)21-23-9-4-3-5-10-23;/h3-5,9-10,24H,2,6-8,11-22H2,1H3,(H2,26,27,28);1H. The number of aliphatic imine (C=N–C) groups is 1. The summed E-state index contributed by atoms with van der Waals surface area (Å²) in [5, 5.41) is 6.82. The third kappa shape index (κ3) is 11.8. The molecule has 0 aromatic heterocycles. The Morgan fingerprint density at radius 3 is 2.58 bits per heavy atom. The van der Waals surface area contributed by atoms with Crippen LogP contribution >= 0.6 is 24.0 Å². The topological polar surface area (TPSA) is 61.4 Å². The summed E-state index contributed by atoms with van der Waals surface area (Å²) in [4.78, 5) is 9.85. The van der Waals surface area contributed by atoms with E-state index in [0.717, 1.165) is 64.8 Å².